The summed E-state index contributed by atoms with van der Waals surface area (Å²) < 4.78 is 53.3. The van der Waals surface area contributed by atoms with Crippen molar-refractivity contribution in [3.8, 4) is 0 Å². The van der Waals surface area contributed by atoms with Crippen LogP contribution in [0.15, 0.2) is 71.7 Å². The fourth-order valence-corrected chi connectivity index (χ4v) is 3.97. The molecule has 1 aliphatic heterocycles. The largest absolute Gasteiger partial charge is 0.416 e. The third-order valence-electron chi connectivity index (χ3n) is 4.68. The maximum Gasteiger partial charge on any atom is 0.416 e. The van der Waals surface area contributed by atoms with Crippen molar-refractivity contribution in [3.05, 3.63) is 93.6 Å². The molecule has 9 heteroatoms. The lowest BCUT2D eigenvalue weighted by Gasteiger charge is -2.16. The number of alkyl halides is 3. The van der Waals surface area contributed by atoms with Gasteiger partial charge in [-0.3, -0.25) is 14.5 Å². The Morgan fingerprint density at radius 1 is 0.935 bits per heavy atom. The first-order valence-electron chi connectivity index (χ1n) is 9.08. The second-order valence-electron chi connectivity index (χ2n) is 6.72. The van der Waals surface area contributed by atoms with Crippen molar-refractivity contribution in [3.63, 3.8) is 0 Å². The van der Waals surface area contributed by atoms with Crippen LogP contribution in [-0.2, 0) is 22.3 Å². The van der Waals surface area contributed by atoms with Gasteiger partial charge in [-0.15, -0.1) is 11.3 Å². The number of nitrogens with one attached hydrogen (secondary N) is 1. The molecular weight excluding hydrogens is 432 g/mol. The fraction of sp³-hybridized carbons (Fsp3) is 0.0909. The number of halogens is 4. The minimum atomic E-state index is -4.56. The summed E-state index contributed by atoms with van der Waals surface area (Å²) in [4.78, 5) is 27.5. The number of anilines is 1. The van der Waals surface area contributed by atoms with Crippen molar-refractivity contribution in [2.45, 2.75) is 12.7 Å². The molecule has 0 spiro atoms. The Bertz CT molecular complexity index is 1190. The first-order chi connectivity index (χ1) is 14.8. The van der Waals surface area contributed by atoms with Gasteiger partial charge in [-0.05, 0) is 35.7 Å². The number of rotatable bonds is 5. The predicted octanol–water partition coefficient (Wildman–Crippen LogP) is 5.30. The molecule has 1 N–H and O–H groups in total. The van der Waals surface area contributed by atoms with Crippen molar-refractivity contribution in [2.75, 3.05) is 5.32 Å². The summed E-state index contributed by atoms with van der Waals surface area (Å²) in [5.74, 6) is -1.96. The van der Waals surface area contributed by atoms with E-state index in [9.17, 15) is 27.2 Å². The Labute approximate surface area is 178 Å². The zero-order valence-corrected chi connectivity index (χ0v) is 16.6. The van der Waals surface area contributed by atoms with Gasteiger partial charge in [0.25, 0.3) is 11.8 Å². The number of nitrogens with zero attached hydrogens (tertiary/aromatic N) is 1. The molecular formula is C22H14F4N2O2S. The van der Waals surface area contributed by atoms with Gasteiger partial charge in [0.2, 0.25) is 0 Å². The van der Waals surface area contributed by atoms with Crippen LogP contribution < -0.4 is 5.32 Å². The first-order valence-corrected chi connectivity index (χ1v) is 9.95. The second-order valence-corrected chi connectivity index (χ2v) is 7.67. The molecule has 0 bridgehead atoms. The second kappa shape index (κ2) is 7.99. The van der Waals surface area contributed by atoms with E-state index in [1.807, 2.05) is 0 Å². The lowest BCUT2D eigenvalue weighted by molar-refractivity contribution is -0.138. The highest BCUT2D eigenvalue weighted by atomic mass is 32.1. The monoisotopic (exact) mass is 446 g/mol. The molecule has 2 aromatic carbocycles. The third kappa shape index (κ3) is 4.09. The van der Waals surface area contributed by atoms with Crippen molar-refractivity contribution in [1.82, 2.24) is 4.90 Å². The molecule has 1 aromatic heterocycles. The summed E-state index contributed by atoms with van der Waals surface area (Å²) in [7, 11) is 0. The number of benzene rings is 2. The zero-order chi connectivity index (χ0) is 22.2. The fourth-order valence-electron chi connectivity index (χ4n) is 3.20. The zero-order valence-electron chi connectivity index (χ0n) is 15.7. The molecule has 0 radical (unpaired) electrons. The summed E-state index contributed by atoms with van der Waals surface area (Å²) in [6.07, 6.45) is -4.56. The van der Waals surface area contributed by atoms with Crippen LogP contribution in [0.1, 0.15) is 16.0 Å². The van der Waals surface area contributed by atoms with Crippen LogP contribution >= 0.6 is 11.3 Å². The maximum atomic E-state index is 14.1. The molecule has 0 atom stereocenters. The van der Waals surface area contributed by atoms with E-state index < -0.39 is 29.4 Å². The molecule has 4 nitrogen and oxygen atoms in total. The van der Waals surface area contributed by atoms with E-state index in [2.05, 4.69) is 5.32 Å². The van der Waals surface area contributed by atoms with E-state index in [1.54, 1.807) is 23.6 Å². The molecule has 1 aliphatic rings. The Morgan fingerprint density at radius 3 is 2.39 bits per heavy atom. The molecule has 2 heterocycles. The summed E-state index contributed by atoms with van der Waals surface area (Å²) in [5, 5.41) is 4.39. The molecule has 2 amide bonds. The Kier molecular flexibility index (Phi) is 5.36. The predicted molar refractivity (Wildman–Crippen MR) is 108 cm³/mol. The van der Waals surface area contributed by atoms with Crippen LogP contribution in [0.4, 0.5) is 23.2 Å². The molecule has 0 saturated carbocycles. The van der Waals surface area contributed by atoms with E-state index in [4.69, 9.17) is 0 Å². The first kappa shape index (κ1) is 20.8. The smallest absolute Gasteiger partial charge is 0.350 e. The van der Waals surface area contributed by atoms with Crippen LogP contribution in [0, 0.1) is 5.82 Å². The molecule has 0 unspecified atom stereocenters. The highest BCUT2D eigenvalue weighted by Crippen LogP contribution is 2.35. The van der Waals surface area contributed by atoms with Crippen LogP contribution in [-0.4, -0.2) is 16.7 Å². The molecule has 3 aromatic rings. The molecule has 4 rings (SSSR count). The molecule has 0 fully saturated rings. The summed E-state index contributed by atoms with van der Waals surface area (Å²) in [6.45, 7) is -0.299. The van der Waals surface area contributed by atoms with E-state index in [0.29, 0.717) is 4.88 Å². The Hall–Kier alpha value is -3.46. The summed E-state index contributed by atoms with van der Waals surface area (Å²) in [6, 6.07) is 13.4. The topological polar surface area (TPSA) is 49.4 Å². The number of thiophene rings is 1. The normalized spacial score (nSPS) is 14.5. The van der Waals surface area contributed by atoms with Crippen molar-refractivity contribution < 1.29 is 27.2 Å². The van der Waals surface area contributed by atoms with Crippen molar-refractivity contribution in [1.29, 1.82) is 0 Å². The van der Waals surface area contributed by atoms with Gasteiger partial charge >= 0.3 is 6.18 Å². The average Bonchev–Trinajstić information content (AvgIpc) is 3.32. The minimum Gasteiger partial charge on any atom is -0.350 e. The maximum absolute atomic E-state index is 14.1. The van der Waals surface area contributed by atoms with Crippen molar-refractivity contribution in [2.24, 2.45) is 0 Å². The molecule has 0 aliphatic carbocycles. The molecule has 158 valence electrons. The van der Waals surface area contributed by atoms with Crippen LogP contribution in [0.5, 0.6) is 0 Å². The molecule has 0 saturated heterocycles. The average molecular weight is 446 g/mol. The summed E-state index contributed by atoms with van der Waals surface area (Å²) in [5.41, 5.74) is -0.851. The van der Waals surface area contributed by atoms with E-state index in [0.717, 1.165) is 17.0 Å². The number of hydrogen-bond donors (Lipinski definition) is 1. The van der Waals surface area contributed by atoms with Crippen molar-refractivity contribution >= 4 is 34.4 Å². The molecule has 31 heavy (non-hydrogen) atoms. The van der Waals surface area contributed by atoms with Gasteiger partial charge in [-0.25, -0.2) is 4.39 Å². The number of amides is 2. The van der Waals surface area contributed by atoms with E-state index in [-0.39, 0.29) is 29.1 Å². The lowest BCUT2D eigenvalue weighted by Crippen LogP contribution is -2.32. The minimum absolute atomic E-state index is 0.00720. The van der Waals surface area contributed by atoms with Gasteiger partial charge in [-0.2, -0.15) is 13.2 Å². The Morgan fingerprint density at radius 2 is 1.71 bits per heavy atom. The van der Waals surface area contributed by atoms with Gasteiger partial charge in [0.15, 0.2) is 0 Å². The third-order valence-corrected chi connectivity index (χ3v) is 5.57. The number of carbonyl (C=O) groups is 2. The Balaban J connectivity index is 1.72. The van der Waals surface area contributed by atoms with Gasteiger partial charge < -0.3 is 5.32 Å². The number of hydrogen-bond acceptors (Lipinski definition) is 4. The van der Waals surface area contributed by atoms with Gasteiger partial charge in [-0.1, -0.05) is 30.3 Å². The van der Waals surface area contributed by atoms with Crippen LogP contribution in [0.3, 0.4) is 0 Å². The van der Waals surface area contributed by atoms with Crippen LogP contribution in [0.2, 0.25) is 0 Å². The van der Waals surface area contributed by atoms with Crippen LogP contribution in [0.25, 0.3) is 5.57 Å². The summed E-state index contributed by atoms with van der Waals surface area (Å²) >= 11 is 1.21. The SMILES string of the molecule is O=C1C(Nc2cccc(C(F)(F)F)c2)=C(c2cccs2)C(=O)N1Cc1ccccc1F. The van der Waals surface area contributed by atoms with Gasteiger partial charge in [0, 0.05) is 16.1 Å². The number of imide groups is 1. The standard InChI is InChI=1S/C22H14F4N2O2S/c23-16-8-2-1-5-13(16)12-28-20(29)18(17-9-4-10-31-17)19(21(28)30)27-15-7-3-6-14(11-15)22(24,25)26/h1-11,27H,12H2. The highest BCUT2D eigenvalue weighted by molar-refractivity contribution is 7.11. The van der Waals surface area contributed by atoms with Gasteiger partial charge in [0.1, 0.15) is 11.5 Å². The number of carbonyl (C=O) groups excluding carboxylic acids is 2. The highest BCUT2D eigenvalue weighted by Gasteiger charge is 2.40. The quantitative estimate of drug-likeness (QED) is 0.428. The lowest BCUT2D eigenvalue weighted by atomic mass is 10.1. The van der Waals surface area contributed by atoms with E-state index >= 15 is 0 Å². The van der Waals surface area contributed by atoms with Gasteiger partial charge in [0.05, 0.1) is 17.7 Å². The van der Waals surface area contributed by atoms with E-state index in [1.165, 1.54) is 41.7 Å².